The number of benzene rings is 1. The molecule has 0 heterocycles. The van der Waals surface area contributed by atoms with E-state index in [1.807, 2.05) is 30.3 Å². The molecule has 1 unspecified atom stereocenters. The Hall–Kier alpha value is -1.83. The van der Waals surface area contributed by atoms with Crippen LogP contribution in [-0.2, 0) is 9.53 Å². The summed E-state index contributed by atoms with van der Waals surface area (Å²) in [7, 11) is 1.49. The fraction of sp³-hybridized carbons (Fsp3) is 0.308. The van der Waals surface area contributed by atoms with Crippen LogP contribution in [0.1, 0.15) is 5.56 Å². The monoisotopic (exact) mass is 233 g/mol. The molecule has 1 rings (SSSR count). The predicted molar refractivity (Wildman–Crippen MR) is 64.2 cm³/mol. The van der Waals surface area contributed by atoms with E-state index >= 15 is 0 Å². The van der Waals surface area contributed by atoms with E-state index in [1.165, 1.54) is 7.11 Å². The summed E-state index contributed by atoms with van der Waals surface area (Å²) in [5.41, 5.74) is 0.778. The summed E-state index contributed by atoms with van der Waals surface area (Å²) in [5.74, 6) is 4.76. The lowest BCUT2D eigenvalue weighted by molar-refractivity contribution is -0.116. The third-order valence-corrected chi connectivity index (χ3v) is 1.95. The van der Waals surface area contributed by atoms with Crippen LogP contribution in [0.25, 0.3) is 0 Å². The van der Waals surface area contributed by atoms with Crippen LogP contribution in [0.4, 0.5) is 0 Å². The molecule has 0 fully saturated rings. The second-order valence-corrected chi connectivity index (χ2v) is 3.44. The zero-order valence-corrected chi connectivity index (χ0v) is 9.64. The third kappa shape index (κ3) is 5.71. The van der Waals surface area contributed by atoms with Crippen LogP contribution in [-0.4, -0.2) is 37.4 Å². The van der Waals surface area contributed by atoms with Gasteiger partial charge >= 0.3 is 0 Å². The molecule has 1 aromatic rings. The SMILES string of the molecule is COCC(O)CNC(=O)C#Cc1ccccc1. The molecule has 0 radical (unpaired) electrons. The highest BCUT2D eigenvalue weighted by Gasteiger charge is 2.03. The number of aliphatic hydroxyl groups excluding tert-OH is 1. The van der Waals surface area contributed by atoms with E-state index in [0.29, 0.717) is 0 Å². The van der Waals surface area contributed by atoms with Crippen molar-refractivity contribution in [3.05, 3.63) is 35.9 Å². The van der Waals surface area contributed by atoms with Gasteiger partial charge in [0.25, 0.3) is 5.91 Å². The molecular formula is C13H15NO3. The molecule has 90 valence electrons. The summed E-state index contributed by atoms with van der Waals surface area (Å²) < 4.78 is 4.73. The second-order valence-electron chi connectivity index (χ2n) is 3.44. The van der Waals surface area contributed by atoms with Gasteiger partial charge in [-0.15, -0.1) is 0 Å². The first-order valence-corrected chi connectivity index (χ1v) is 5.24. The Balaban J connectivity index is 2.38. The van der Waals surface area contributed by atoms with Gasteiger partial charge in [0.05, 0.1) is 12.7 Å². The van der Waals surface area contributed by atoms with E-state index in [9.17, 15) is 9.90 Å². The first-order valence-electron chi connectivity index (χ1n) is 5.24. The molecule has 4 nitrogen and oxygen atoms in total. The predicted octanol–water partition coefficient (Wildman–Crippen LogP) is 0.162. The maximum absolute atomic E-state index is 11.3. The number of nitrogens with one attached hydrogen (secondary N) is 1. The highest BCUT2D eigenvalue weighted by atomic mass is 16.5. The number of rotatable bonds is 4. The maximum atomic E-state index is 11.3. The molecule has 0 bridgehead atoms. The van der Waals surface area contributed by atoms with Crippen molar-refractivity contribution in [2.24, 2.45) is 0 Å². The van der Waals surface area contributed by atoms with Gasteiger partial charge < -0.3 is 15.2 Å². The normalized spacial score (nSPS) is 11.2. The largest absolute Gasteiger partial charge is 0.389 e. The van der Waals surface area contributed by atoms with E-state index in [0.717, 1.165) is 5.56 Å². The van der Waals surface area contributed by atoms with Crippen molar-refractivity contribution in [2.45, 2.75) is 6.10 Å². The Morgan fingerprint density at radius 2 is 2.18 bits per heavy atom. The van der Waals surface area contributed by atoms with Gasteiger partial charge in [-0.25, -0.2) is 0 Å². The Bertz CT molecular complexity index is 406. The summed E-state index contributed by atoms with van der Waals surface area (Å²) in [4.78, 5) is 11.3. The zero-order valence-electron chi connectivity index (χ0n) is 9.64. The lowest BCUT2D eigenvalue weighted by Gasteiger charge is -2.08. The summed E-state index contributed by atoms with van der Waals surface area (Å²) in [6.07, 6.45) is -0.706. The van der Waals surface area contributed by atoms with Gasteiger partial charge in [-0.1, -0.05) is 24.1 Å². The molecule has 0 aliphatic heterocycles. The van der Waals surface area contributed by atoms with Gasteiger partial charge in [0.1, 0.15) is 0 Å². The quantitative estimate of drug-likeness (QED) is 0.728. The molecule has 1 amide bonds. The van der Waals surface area contributed by atoms with Crippen molar-refractivity contribution in [3.8, 4) is 11.8 Å². The molecule has 1 aromatic carbocycles. The third-order valence-electron chi connectivity index (χ3n) is 1.95. The first kappa shape index (κ1) is 13.2. The Morgan fingerprint density at radius 3 is 2.82 bits per heavy atom. The van der Waals surface area contributed by atoms with Gasteiger partial charge in [-0.05, 0) is 12.1 Å². The van der Waals surface area contributed by atoms with Crippen LogP contribution in [0.5, 0.6) is 0 Å². The Labute approximate surface area is 101 Å². The Kier molecular flexibility index (Phi) is 5.80. The summed E-state index contributed by atoms with van der Waals surface area (Å²) in [6, 6.07) is 9.22. The van der Waals surface area contributed by atoms with Crippen molar-refractivity contribution in [1.29, 1.82) is 0 Å². The number of ether oxygens (including phenoxy) is 1. The van der Waals surface area contributed by atoms with Gasteiger partial charge in [-0.3, -0.25) is 4.79 Å². The number of methoxy groups -OCH3 is 1. The number of hydrogen-bond donors (Lipinski definition) is 2. The van der Waals surface area contributed by atoms with Crippen LogP contribution >= 0.6 is 0 Å². The number of carbonyl (C=O) groups excluding carboxylic acids is 1. The number of hydrogen-bond acceptors (Lipinski definition) is 3. The molecule has 0 saturated heterocycles. The van der Waals surface area contributed by atoms with Crippen LogP contribution in [0.15, 0.2) is 30.3 Å². The molecule has 0 aromatic heterocycles. The average molecular weight is 233 g/mol. The van der Waals surface area contributed by atoms with Crippen molar-refractivity contribution < 1.29 is 14.6 Å². The van der Waals surface area contributed by atoms with Crippen molar-refractivity contribution in [3.63, 3.8) is 0 Å². The van der Waals surface area contributed by atoms with Crippen LogP contribution in [0.3, 0.4) is 0 Å². The maximum Gasteiger partial charge on any atom is 0.296 e. The van der Waals surface area contributed by atoms with Crippen LogP contribution in [0.2, 0.25) is 0 Å². The summed E-state index contributed by atoms with van der Waals surface area (Å²) in [5, 5.41) is 11.8. The average Bonchev–Trinajstić information content (AvgIpc) is 2.35. The van der Waals surface area contributed by atoms with E-state index in [4.69, 9.17) is 4.74 Å². The van der Waals surface area contributed by atoms with Crippen molar-refractivity contribution in [1.82, 2.24) is 5.32 Å². The standard InChI is InChI=1S/C13H15NO3/c1-17-10-12(15)9-14-13(16)8-7-11-5-3-2-4-6-11/h2-6,12,15H,9-10H2,1H3,(H,14,16). The van der Waals surface area contributed by atoms with Gasteiger partial charge in [-0.2, -0.15) is 0 Å². The van der Waals surface area contributed by atoms with Gasteiger partial charge in [0.2, 0.25) is 0 Å². The smallest absolute Gasteiger partial charge is 0.296 e. The highest BCUT2D eigenvalue weighted by Crippen LogP contribution is 1.94. The molecule has 1 atom stereocenters. The molecule has 0 aliphatic rings. The van der Waals surface area contributed by atoms with Crippen LogP contribution < -0.4 is 5.32 Å². The fourth-order valence-electron chi connectivity index (χ4n) is 1.16. The summed E-state index contributed by atoms with van der Waals surface area (Å²) in [6.45, 7) is 0.322. The fourth-order valence-corrected chi connectivity index (χ4v) is 1.16. The number of amides is 1. The second kappa shape index (κ2) is 7.44. The number of carbonyl (C=O) groups is 1. The minimum Gasteiger partial charge on any atom is -0.389 e. The molecule has 17 heavy (non-hydrogen) atoms. The van der Waals surface area contributed by atoms with Crippen molar-refractivity contribution >= 4 is 5.91 Å². The minimum atomic E-state index is -0.706. The molecule has 4 heteroatoms. The minimum absolute atomic E-state index is 0.135. The van der Waals surface area contributed by atoms with E-state index < -0.39 is 12.0 Å². The van der Waals surface area contributed by atoms with Gasteiger partial charge in [0.15, 0.2) is 0 Å². The number of aliphatic hydroxyl groups is 1. The first-order chi connectivity index (χ1) is 8.22. The Morgan fingerprint density at radius 1 is 1.47 bits per heavy atom. The molecule has 0 aliphatic carbocycles. The molecule has 0 spiro atoms. The van der Waals surface area contributed by atoms with Crippen LogP contribution in [0, 0.1) is 11.8 Å². The van der Waals surface area contributed by atoms with E-state index in [2.05, 4.69) is 17.2 Å². The molecule has 0 saturated carbocycles. The topological polar surface area (TPSA) is 58.6 Å². The lowest BCUT2D eigenvalue weighted by Crippen LogP contribution is -2.33. The van der Waals surface area contributed by atoms with Gasteiger partial charge in [0, 0.05) is 25.1 Å². The van der Waals surface area contributed by atoms with E-state index in [-0.39, 0.29) is 13.2 Å². The van der Waals surface area contributed by atoms with E-state index in [1.54, 1.807) is 0 Å². The summed E-state index contributed by atoms with van der Waals surface area (Å²) >= 11 is 0. The van der Waals surface area contributed by atoms with Crippen molar-refractivity contribution in [2.75, 3.05) is 20.3 Å². The molecule has 2 N–H and O–H groups in total. The highest BCUT2D eigenvalue weighted by molar-refractivity contribution is 5.94. The molecular weight excluding hydrogens is 218 g/mol. The lowest BCUT2D eigenvalue weighted by atomic mass is 10.2. The zero-order chi connectivity index (χ0) is 12.5.